The molecule has 0 aliphatic heterocycles. The summed E-state index contributed by atoms with van der Waals surface area (Å²) in [5.74, 6) is -0.204. The molecule has 1 atom stereocenters. The van der Waals surface area contributed by atoms with Gasteiger partial charge in [0.2, 0.25) is 0 Å². The quantitative estimate of drug-likeness (QED) is 0.822. The van der Waals surface area contributed by atoms with E-state index in [1.54, 1.807) is 6.07 Å². The van der Waals surface area contributed by atoms with Crippen LogP contribution in [-0.2, 0) is 0 Å². The summed E-state index contributed by atoms with van der Waals surface area (Å²) < 4.78 is 12.8. The van der Waals surface area contributed by atoms with Gasteiger partial charge < -0.3 is 5.73 Å². The third-order valence-corrected chi connectivity index (χ3v) is 2.15. The Bertz CT molecular complexity index is 265. The number of benzene rings is 1. The van der Waals surface area contributed by atoms with Crippen LogP contribution < -0.4 is 5.73 Å². The topological polar surface area (TPSA) is 26.0 Å². The molecule has 1 nitrogen and oxygen atoms in total. The number of nitrogens with two attached hydrogens (primary N) is 1. The van der Waals surface area contributed by atoms with Crippen LogP contribution in [0.3, 0.4) is 0 Å². The monoisotopic (exact) mass is 217 g/mol. The molecule has 14 heavy (non-hydrogen) atoms. The zero-order valence-electron chi connectivity index (χ0n) is 8.37. The molecule has 0 saturated carbocycles. The van der Waals surface area contributed by atoms with Gasteiger partial charge in [-0.15, -0.1) is 12.4 Å². The molecule has 0 saturated heterocycles. The summed E-state index contributed by atoms with van der Waals surface area (Å²) in [6.45, 7) is 2.12. The van der Waals surface area contributed by atoms with Crippen molar-refractivity contribution in [1.82, 2.24) is 0 Å². The van der Waals surface area contributed by atoms with Gasteiger partial charge in [0, 0.05) is 6.04 Å². The molecule has 3 heteroatoms. The summed E-state index contributed by atoms with van der Waals surface area (Å²) in [6.07, 6.45) is 3.15. The molecule has 0 bridgehead atoms. The molecule has 1 aromatic carbocycles. The summed E-state index contributed by atoms with van der Waals surface area (Å²) in [5.41, 5.74) is 6.78. The highest BCUT2D eigenvalue weighted by atomic mass is 35.5. The van der Waals surface area contributed by atoms with Crippen LogP contribution in [0.15, 0.2) is 24.3 Å². The van der Waals surface area contributed by atoms with Crippen LogP contribution in [-0.4, -0.2) is 0 Å². The van der Waals surface area contributed by atoms with E-state index >= 15 is 0 Å². The third-order valence-electron chi connectivity index (χ3n) is 2.15. The first kappa shape index (κ1) is 13.4. The predicted octanol–water partition coefficient (Wildman–Crippen LogP) is 3.44. The number of halogens is 2. The van der Waals surface area contributed by atoms with Crippen molar-refractivity contribution in [3.63, 3.8) is 0 Å². The highest BCUT2D eigenvalue weighted by Crippen LogP contribution is 2.17. The highest BCUT2D eigenvalue weighted by Gasteiger charge is 2.05. The number of rotatable bonds is 4. The van der Waals surface area contributed by atoms with E-state index in [0.717, 1.165) is 24.8 Å². The van der Waals surface area contributed by atoms with Gasteiger partial charge >= 0.3 is 0 Å². The Labute approximate surface area is 90.9 Å². The van der Waals surface area contributed by atoms with Crippen LogP contribution in [0.5, 0.6) is 0 Å². The maximum Gasteiger partial charge on any atom is 0.123 e. The fraction of sp³-hybridized carbons (Fsp3) is 0.455. The predicted molar refractivity (Wildman–Crippen MR) is 60.1 cm³/mol. The third kappa shape index (κ3) is 4.07. The Balaban J connectivity index is 0.00000169. The van der Waals surface area contributed by atoms with Crippen molar-refractivity contribution in [3.05, 3.63) is 35.6 Å². The van der Waals surface area contributed by atoms with Gasteiger partial charge in [-0.1, -0.05) is 31.9 Å². The highest BCUT2D eigenvalue weighted by molar-refractivity contribution is 5.85. The summed E-state index contributed by atoms with van der Waals surface area (Å²) in [4.78, 5) is 0. The second-order valence-corrected chi connectivity index (χ2v) is 3.30. The fourth-order valence-corrected chi connectivity index (χ4v) is 1.33. The lowest BCUT2D eigenvalue weighted by Gasteiger charge is -2.10. The molecule has 0 heterocycles. The number of unbranched alkanes of at least 4 members (excludes halogenated alkanes) is 1. The molecule has 0 spiro atoms. The first-order valence-corrected chi connectivity index (χ1v) is 4.75. The van der Waals surface area contributed by atoms with Crippen molar-refractivity contribution in [2.24, 2.45) is 5.73 Å². The van der Waals surface area contributed by atoms with Gasteiger partial charge in [-0.3, -0.25) is 0 Å². The smallest absolute Gasteiger partial charge is 0.123 e. The van der Waals surface area contributed by atoms with E-state index in [1.807, 2.05) is 6.07 Å². The van der Waals surface area contributed by atoms with Gasteiger partial charge in [0.25, 0.3) is 0 Å². The van der Waals surface area contributed by atoms with E-state index in [4.69, 9.17) is 5.73 Å². The fourth-order valence-electron chi connectivity index (χ4n) is 1.33. The Morgan fingerprint density at radius 3 is 2.71 bits per heavy atom. The van der Waals surface area contributed by atoms with E-state index in [2.05, 4.69) is 6.92 Å². The maximum atomic E-state index is 12.8. The second-order valence-electron chi connectivity index (χ2n) is 3.30. The average molecular weight is 218 g/mol. The lowest BCUT2D eigenvalue weighted by molar-refractivity contribution is 0.588. The number of hydrogen-bond donors (Lipinski definition) is 1. The summed E-state index contributed by atoms with van der Waals surface area (Å²) in [7, 11) is 0. The lowest BCUT2D eigenvalue weighted by atomic mass is 10.0. The normalized spacial score (nSPS) is 11.9. The molecule has 0 unspecified atom stereocenters. The summed E-state index contributed by atoms with van der Waals surface area (Å²) >= 11 is 0. The van der Waals surface area contributed by atoms with Gasteiger partial charge in [-0.25, -0.2) is 4.39 Å². The van der Waals surface area contributed by atoms with Gasteiger partial charge in [-0.2, -0.15) is 0 Å². The van der Waals surface area contributed by atoms with E-state index in [1.165, 1.54) is 12.1 Å². The molecule has 0 amide bonds. The minimum absolute atomic E-state index is 0. The van der Waals surface area contributed by atoms with Crippen LogP contribution in [0.4, 0.5) is 4.39 Å². The maximum absolute atomic E-state index is 12.8. The van der Waals surface area contributed by atoms with Gasteiger partial charge in [-0.05, 0) is 24.1 Å². The molecule has 1 rings (SSSR count). The van der Waals surface area contributed by atoms with Crippen LogP contribution in [0.1, 0.15) is 37.8 Å². The lowest BCUT2D eigenvalue weighted by Crippen LogP contribution is -2.09. The van der Waals surface area contributed by atoms with Crippen LogP contribution in [0.25, 0.3) is 0 Å². The van der Waals surface area contributed by atoms with Crippen LogP contribution in [0, 0.1) is 5.82 Å². The minimum Gasteiger partial charge on any atom is -0.324 e. The van der Waals surface area contributed by atoms with Gasteiger partial charge in [0.1, 0.15) is 5.82 Å². The molecule has 0 fully saturated rings. The molecule has 0 aliphatic carbocycles. The van der Waals surface area contributed by atoms with E-state index in [0.29, 0.717) is 0 Å². The Morgan fingerprint density at radius 1 is 1.43 bits per heavy atom. The van der Waals surface area contributed by atoms with E-state index in [9.17, 15) is 4.39 Å². The largest absolute Gasteiger partial charge is 0.324 e. The van der Waals surface area contributed by atoms with Crippen molar-refractivity contribution in [2.75, 3.05) is 0 Å². The summed E-state index contributed by atoms with van der Waals surface area (Å²) in [6, 6.07) is 6.52. The van der Waals surface area contributed by atoms with Crippen molar-refractivity contribution in [3.8, 4) is 0 Å². The molecule has 0 radical (unpaired) electrons. The average Bonchev–Trinajstić information content (AvgIpc) is 2.14. The minimum atomic E-state index is -0.204. The van der Waals surface area contributed by atoms with E-state index < -0.39 is 0 Å². The second kappa shape index (κ2) is 6.80. The van der Waals surface area contributed by atoms with Crippen LogP contribution in [0.2, 0.25) is 0 Å². The Kier molecular flexibility index (Phi) is 6.50. The zero-order valence-corrected chi connectivity index (χ0v) is 9.19. The van der Waals surface area contributed by atoms with Gasteiger partial charge in [0.15, 0.2) is 0 Å². The first-order valence-electron chi connectivity index (χ1n) is 4.75. The van der Waals surface area contributed by atoms with Gasteiger partial charge in [0.05, 0.1) is 0 Å². The molecule has 1 aromatic rings. The van der Waals surface area contributed by atoms with Crippen molar-refractivity contribution in [2.45, 2.75) is 32.2 Å². The van der Waals surface area contributed by atoms with Crippen molar-refractivity contribution >= 4 is 12.4 Å². The molecule has 0 aromatic heterocycles. The SMILES string of the molecule is CCCC[C@H](N)c1cccc(F)c1.Cl. The molecule has 0 aliphatic rings. The number of hydrogen-bond acceptors (Lipinski definition) is 1. The Morgan fingerprint density at radius 2 is 2.14 bits per heavy atom. The molecule has 80 valence electrons. The first-order chi connectivity index (χ1) is 6.24. The zero-order chi connectivity index (χ0) is 9.68. The van der Waals surface area contributed by atoms with Crippen molar-refractivity contribution in [1.29, 1.82) is 0 Å². The van der Waals surface area contributed by atoms with Crippen LogP contribution >= 0.6 is 12.4 Å². The Hall–Kier alpha value is -0.600. The molecular weight excluding hydrogens is 201 g/mol. The van der Waals surface area contributed by atoms with E-state index in [-0.39, 0.29) is 24.3 Å². The standard InChI is InChI=1S/C11H16FN.ClH/c1-2-3-7-11(13)9-5-4-6-10(12)8-9;/h4-6,8,11H,2-3,7,13H2,1H3;1H/t11-;/m0./s1. The molecular formula is C11H17ClFN. The molecule has 2 N–H and O–H groups in total. The van der Waals surface area contributed by atoms with Crippen molar-refractivity contribution < 1.29 is 4.39 Å². The summed E-state index contributed by atoms with van der Waals surface area (Å²) in [5, 5.41) is 0.